The van der Waals surface area contributed by atoms with Crippen LogP contribution in [0.25, 0.3) is 0 Å². The van der Waals surface area contributed by atoms with Crippen molar-refractivity contribution in [2.75, 3.05) is 7.11 Å². The maximum absolute atomic E-state index is 16.7. The molecule has 0 saturated carbocycles. The molecule has 7 aliphatic rings. The highest BCUT2D eigenvalue weighted by atomic mass is 19.1. The lowest BCUT2D eigenvalue weighted by Gasteiger charge is -2.17. The average molecular weight is 567 g/mol. The zero-order valence-electron chi connectivity index (χ0n) is 25.0. The highest BCUT2D eigenvalue weighted by Crippen LogP contribution is 2.49. The van der Waals surface area contributed by atoms with Crippen molar-refractivity contribution in [2.24, 2.45) is 26.8 Å². The third-order valence-corrected chi connectivity index (χ3v) is 9.99. The third kappa shape index (κ3) is 3.63. The number of aliphatic hydroxyl groups excluding tert-OH is 1. The maximum atomic E-state index is 16.7. The number of esters is 1. The van der Waals surface area contributed by atoms with Gasteiger partial charge in [0, 0.05) is 47.1 Å². The molecule has 7 rings (SSSR count). The van der Waals surface area contributed by atoms with Crippen molar-refractivity contribution in [3.05, 3.63) is 90.7 Å². The molecule has 42 heavy (non-hydrogen) atoms. The van der Waals surface area contributed by atoms with Crippen LogP contribution >= 0.6 is 0 Å². The van der Waals surface area contributed by atoms with Crippen molar-refractivity contribution in [1.29, 1.82) is 0 Å². The summed E-state index contributed by atoms with van der Waals surface area (Å²) >= 11 is 0. The molecule has 1 fully saturated rings. The Labute approximate surface area is 245 Å². The lowest BCUT2D eigenvalue weighted by atomic mass is 9.86. The first-order chi connectivity index (χ1) is 20.1. The molecule has 5 heterocycles. The first-order valence-corrected chi connectivity index (χ1v) is 14.9. The number of hydrogen-bond acceptors (Lipinski definition) is 7. The predicted molar refractivity (Wildman–Crippen MR) is 162 cm³/mol. The Hall–Kier alpha value is -4.07. The predicted octanol–water partition coefficient (Wildman–Crippen LogP) is 7.07. The van der Waals surface area contributed by atoms with Crippen LogP contribution in [0.3, 0.4) is 0 Å². The number of aliphatic hydroxyl groups is 1. The molecule has 2 aliphatic carbocycles. The Kier molecular flexibility index (Phi) is 6.05. The fourth-order valence-corrected chi connectivity index (χ4v) is 7.64. The summed E-state index contributed by atoms with van der Waals surface area (Å²) < 4.78 is 21.6. The minimum Gasteiger partial charge on any atom is -0.511 e. The van der Waals surface area contributed by atoms with Crippen molar-refractivity contribution in [3.63, 3.8) is 0 Å². The number of halogens is 1. The summed E-state index contributed by atoms with van der Waals surface area (Å²) in [5, 5.41) is 14.6. The molecule has 0 aromatic rings. The number of allylic oxidation sites excluding steroid dienone is 12. The second-order valence-electron chi connectivity index (χ2n) is 12.1. The van der Waals surface area contributed by atoms with E-state index in [1.165, 1.54) is 12.7 Å². The van der Waals surface area contributed by atoms with E-state index >= 15 is 4.39 Å². The summed E-state index contributed by atoms with van der Waals surface area (Å²) in [6.45, 7) is 10.2. The van der Waals surface area contributed by atoms with Gasteiger partial charge in [-0.3, -0.25) is 4.79 Å². The van der Waals surface area contributed by atoms with Crippen molar-refractivity contribution < 1.29 is 19.0 Å². The number of fused-ring (bicyclic) bond motifs is 5. The molecule has 2 N–H and O–H groups in total. The SMILES string of the molecule is CCC1=C(C)C2=NC1=CC1=C(C)C3=C(O)CC(=C4NC(=C(F)C5=NC6=C2CCC6=C5C)[C@@H](C)[C@@H]4CCC(=O)OC)C3=N1. The number of carbonyl (C=O) groups excluding carboxylic acids is 1. The molecule has 8 heteroatoms. The monoisotopic (exact) mass is 566 g/mol. The molecule has 0 aromatic carbocycles. The van der Waals surface area contributed by atoms with Crippen LogP contribution in [0.5, 0.6) is 0 Å². The summed E-state index contributed by atoms with van der Waals surface area (Å²) in [4.78, 5) is 27.3. The van der Waals surface area contributed by atoms with Crippen LogP contribution < -0.4 is 5.32 Å². The van der Waals surface area contributed by atoms with Crippen molar-refractivity contribution in [2.45, 2.75) is 73.1 Å². The minimum atomic E-state index is -0.367. The number of ether oxygens (including phenoxy) is 1. The van der Waals surface area contributed by atoms with E-state index in [1.54, 1.807) is 0 Å². The van der Waals surface area contributed by atoms with Crippen LogP contribution in [0.2, 0.25) is 0 Å². The number of hydrogen-bond donors (Lipinski definition) is 2. The molecule has 1 saturated heterocycles. The molecule has 0 spiro atoms. The molecule has 0 radical (unpaired) electrons. The fourth-order valence-electron chi connectivity index (χ4n) is 7.64. The zero-order chi connectivity index (χ0) is 29.6. The molecule has 0 aromatic heterocycles. The Morgan fingerprint density at radius 3 is 2.52 bits per heavy atom. The number of nitrogens with zero attached hydrogens (tertiary/aromatic N) is 3. The van der Waals surface area contributed by atoms with E-state index < -0.39 is 0 Å². The highest BCUT2D eigenvalue weighted by molar-refractivity contribution is 6.22. The minimum absolute atomic E-state index is 0.184. The summed E-state index contributed by atoms with van der Waals surface area (Å²) in [7, 11) is 1.38. The Morgan fingerprint density at radius 1 is 1.02 bits per heavy atom. The average Bonchev–Trinajstić information content (AvgIpc) is 3.78. The number of aliphatic imine (C=N–C) groups is 3. The van der Waals surface area contributed by atoms with E-state index in [2.05, 4.69) is 19.2 Å². The van der Waals surface area contributed by atoms with E-state index in [0.717, 1.165) is 86.8 Å². The third-order valence-electron chi connectivity index (χ3n) is 9.99. The Balaban J connectivity index is 1.50. The van der Waals surface area contributed by atoms with Gasteiger partial charge in [0.25, 0.3) is 0 Å². The quantitative estimate of drug-likeness (QED) is 0.356. The second-order valence-corrected chi connectivity index (χ2v) is 12.1. The first kappa shape index (κ1) is 26.8. The second kappa shape index (κ2) is 9.48. The van der Waals surface area contributed by atoms with E-state index in [0.29, 0.717) is 30.0 Å². The number of rotatable bonds is 4. The topological polar surface area (TPSA) is 95.6 Å². The number of methoxy groups -OCH3 is 1. The van der Waals surface area contributed by atoms with Gasteiger partial charge in [0.05, 0.1) is 41.3 Å². The molecule has 8 bridgehead atoms. The van der Waals surface area contributed by atoms with Crippen molar-refractivity contribution >= 4 is 23.1 Å². The van der Waals surface area contributed by atoms with E-state index in [4.69, 9.17) is 19.7 Å². The smallest absolute Gasteiger partial charge is 0.305 e. The maximum Gasteiger partial charge on any atom is 0.305 e. The molecule has 216 valence electrons. The van der Waals surface area contributed by atoms with Crippen LogP contribution in [-0.4, -0.2) is 35.3 Å². The van der Waals surface area contributed by atoms with E-state index in [1.807, 2.05) is 26.8 Å². The lowest BCUT2D eigenvalue weighted by molar-refractivity contribution is -0.140. The van der Waals surface area contributed by atoms with Gasteiger partial charge in [-0.05, 0) is 80.4 Å². The van der Waals surface area contributed by atoms with Gasteiger partial charge in [0.1, 0.15) is 11.5 Å². The fraction of sp³-hybridized carbons (Fsp3) is 0.412. The van der Waals surface area contributed by atoms with Gasteiger partial charge in [0.2, 0.25) is 0 Å². The molecule has 2 atom stereocenters. The highest BCUT2D eigenvalue weighted by Gasteiger charge is 2.43. The van der Waals surface area contributed by atoms with Crippen molar-refractivity contribution in [3.8, 4) is 0 Å². The number of carbonyl (C=O) groups is 1. The molecular formula is C34H35FN4O3. The standard InChI is InChI=1S/C34H35FN4O3/c1-7-18-14(2)29-21-9-8-19-15(3)30(38-32(19)21)28(35)31-16(4)20(10-11-26(41)42-6)33(39-31)22-12-25(40)27-17(5)23(36-34(22)27)13-24(18)37-29/h13,16,20,39-40H,7-12H2,1-6H3/t16-,20-/m0/s1. The van der Waals surface area contributed by atoms with E-state index in [-0.39, 0.29) is 35.8 Å². The number of nitrogens with one attached hydrogen (secondary N) is 1. The summed E-state index contributed by atoms with van der Waals surface area (Å²) in [5.41, 5.74) is 13.6. The van der Waals surface area contributed by atoms with Gasteiger partial charge in [0.15, 0.2) is 5.83 Å². The van der Waals surface area contributed by atoms with Crippen LogP contribution in [0.15, 0.2) is 106 Å². The van der Waals surface area contributed by atoms with Crippen LogP contribution in [0, 0.1) is 11.8 Å². The van der Waals surface area contributed by atoms with Crippen LogP contribution in [-0.2, 0) is 9.53 Å². The summed E-state index contributed by atoms with van der Waals surface area (Å²) in [5.74, 6) is -0.845. The van der Waals surface area contributed by atoms with Gasteiger partial charge in [-0.15, -0.1) is 0 Å². The lowest BCUT2D eigenvalue weighted by Crippen LogP contribution is -2.16. The Morgan fingerprint density at radius 2 is 1.79 bits per heavy atom. The summed E-state index contributed by atoms with van der Waals surface area (Å²) in [6, 6.07) is 0. The van der Waals surface area contributed by atoms with E-state index in [9.17, 15) is 9.90 Å². The van der Waals surface area contributed by atoms with Crippen molar-refractivity contribution in [1.82, 2.24) is 5.32 Å². The van der Waals surface area contributed by atoms with Gasteiger partial charge in [-0.1, -0.05) is 13.8 Å². The zero-order valence-corrected chi connectivity index (χ0v) is 25.0. The van der Waals surface area contributed by atoms with Crippen LogP contribution in [0.4, 0.5) is 4.39 Å². The first-order valence-electron chi connectivity index (χ1n) is 14.9. The molecule has 0 amide bonds. The molecule has 7 nitrogen and oxygen atoms in total. The summed E-state index contributed by atoms with van der Waals surface area (Å²) in [6.07, 6.45) is 5.48. The molecular weight excluding hydrogens is 531 g/mol. The normalized spacial score (nSPS) is 26.3. The van der Waals surface area contributed by atoms with Gasteiger partial charge in [-0.2, -0.15) is 0 Å². The molecule has 5 aliphatic heterocycles. The van der Waals surface area contributed by atoms with Crippen LogP contribution in [0.1, 0.15) is 73.1 Å². The molecule has 0 unspecified atom stereocenters. The van der Waals surface area contributed by atoms with Gasteiger partial charge >= 0.3 is 5.97 Å². The van der Waals surface area contributed by atoms with Gasteiger partial charge in [-0.25, -0.2) is 19.4 Å². The van der Waals surface area contributed by atoms with Gasteiger partial charge < -0.3 is 15.2 Å². The Bertz CT molecular complexity index is 1770. The largest absolute Gasteiger partial charge is 0.511 e.